The van der Waals surface area contributed by atoms with Crippen LogP contribution in [-0.4, -0.2) is 33.1 Å². The Bertz CT molecular complexity index is 796. The molecule has 0 aliphatic carbocycles. The van der Waals surface area contributed by atoms with Crippen LogP contribution in [0.25, 0.3) is 16.7 Å². The van der Waals surface area contributed by atoms with Gasteiger partial charge in [0.25, 0.3) is 0 Å². The van der Waals surface area contributed by atoms with Crippen LogP contribution in [0.2, 0.25) is 0 Å². The van der Waals surface area contributed by atoms with E-state index in [2.05, 4.69) is 15.3 Å². The van der Waals surface area contributed by atoms with E-state index in [1.54, 1.807) is 10.7 Å². The van der Waals surface area contributed by atoms with Crippen molar-refractivity contribution in [2.24, 2.45) is 0 Å². The standard InChI is InChI=1S/C14H12N4O2.C2H6/c1-9-4-3-5-10(8-9)18-13-11(6-7-15-16-13)12(17-18)14(19)20-2;1-2/h3-8H,1-2H3;1-2H3. The van der Waals surface area contributed by atoms with Gasteiger partial charge >= 0.3 is 5.97 Å². The molecule has 0 saturated heterocycles. The van der Waals surface area contributed by atoms with E-state index in [-0.39, 0.29) is 5.69 Å². The van der Waals surface area contributed by atoms with E-state index >= 15 is 0 Å². The molecule has 0 unspecified atom stereocenters. The number of rotatable bonds is 2. The van der Waals surface area contributed by atoms with Gasteiger partial charge in [0.15, 0.2) is 11.3 Å². The fourth-order valence-electron chi connectivity index (χ4n) is 2.05. The molecule has 0 fully saturated rings. The number of aromatic nitrogens is 4. The Morgan fingerprint density at radius 1 is 1.23 bits per heavy atom. The molecule has 2 heterocycles. The summed E-state index contributed by atoms with van der Waals surface area (Å²) < 4.78 is 6.35. The third kappa shape index (κ3) is 2.81. The number of hydrogen-bond donors (Lipinski definition) is 0. The summed E-state index contributed by atoms with van der Waals surface area (Å²) in [5, 5.41) is 12.9. The molecule has 0 bridgehead atoms. The van der Waals surface area contributed by atoms with E-state index in [1.807, 2.05) is 45.0 Å². The van der Waals surface area contributed by atoms with Gasteiger partial charge in [0.05, 0.1) is 24.4 Å². The van der Waals surface area contributed by atoms with Gasteiger partial charge in [-0.1, -0.05) is 26.0 Å². The Morgan fingerprint density at radius 2 is 2.00 bits per heavy atom. The molecule has 0 radical (unpaired) electrons. The monoisotopic (exact) mass is 298 g/mol. The van der Waals surface area contributed by atoms with Crippen LogP contribution in [0.5, 0.6) is 0 Å². The van der Waals surface area contributed by atoms with Gasteiger partial charge in [-0.2, -0.15) is 10.2 Å². The highest BCUT2D eigenvalue weighted by molar-refractivity contribution is 6.01. The highest BCUT2D eigenvalue weighted by Crippen LogP contribution is 2.20. The molecule has 0 saturated carbocycles. The van der Waals surface area contributed by atoms with Crippen molar-refractivity contribution in [2.75, 3.05) is 7.11 Å². The van der Waals surface area contributed by atoms with Crippen LogP contribution in [0, 0.1) is 6.92 Å². The predicted molar refractivity (Wildman–Crippen MR) is 84.1 cm³/mol. The topological polar surface area (TPSA) is 69.9 Å². The van der Waals surface area contributed by atoms with Gasteiger partial charge in [0, 0.05) is 0 Å². The first-order chi connectivity index (χ1) is 10.7. The maximum Gasteiger partial charge on any atom is 0.359 e. The normalized spacial score (nSPS) is 10.0. The van der Waals surface area contributed by atoms with E-state index in [1.165, 1.54) is 13.3 Å². The SMILES string of the molecule is CC.COC(=O)c1nn(-c2cccc(C)c2)c2nnccc12. The summed E-state index contributed by atoms with van der Waals surface area (Å²) in [5.41, 5.74) is 2.68. The molecule has 2 aromatic heterocycles. The highest BCUT2D eigenvalue weighted by atomic mass is 16.5. The molecular weight excluding hydrogens is 280 g/mol. The quantitative estimate of drug-likeness (QED) is 0.680. The van der Waals surface area contributed by atoms with E-state index in [9.17, 15) is 4.79 Å². The van der Waals surface area contributed by atoms with Crippen molar-refractivity contribution in [3.63, 3.8) is 0 Å². The van der Waals surface area contributed by atoms with Crippen LogP contribution >= 0.6 is 0 Å². The molecular formula is C16H18N4O2. The molecule has 3 rings (SSSR count). The van der Waals surface area contributed by atoms with Gasteiger partial charge in [0.1, 0.15) is 0 Å². The lowest BCUT2D eigenvalue weighted by atomic mass is 10.2. The first-order valence-corrected chi connectivity index (χ1v) is 7.06. The van der Waals surface area contributed by atoms with Crippen molar-refractivity contribution in [3.8, 4) is 5.69 Å². The van der Waals surface area contributed by atoms with E-state index in [0.717, 1.165) is 11.3 Å². The number of carbonyl (C=O) groups is 1. The number of methoxy groups -OCH3 is 1. The average molecular weight is 298 g/mol. The predicted octanol–water partition coefficient (Wildman–Crippen LogP) is 2.94. The van der Waals surface area contributed by atoms with Crippen molar-refractivity contribution in [2.45, 2.75) is 20.8 Å². The Hall–Kier alpha value is -2.76. The number of esters is 1. The van der Waals surface area contributed by atoms with Gasteiger partial charge in [-0.25, -0.2) is 9.48 Å². The van der Waals surface area contributed by atoms with Gasteiger partial charge in [-0.05, 0) is 30.7 Å². The number of hydrogen-bond acceptors (Lipinski definition) is 5. The molecule has 0 N–H and O–H groups in total. The number of fused-ring (bicyclic) bond motifs is 1. The minimum absolute atomic E-state index is 0.235. The Labute approximate surface area is 128 Å². The molecule has 0 aliphatic rings. The third-order valence-corrected chi connectivity index (χ3v) is 2.98. The molecule has 3 aromatic rings. The van der Waals surface area contributed by atoms with Crippen molar-refractivity contribution < 1.29 is 9.53 Å². The van der Waals surface area contributed by atoms with Crippen molar-refractivity contribution in [3.05, 3.63) is 47.8 Å². The minimum atomic E-state index is -0.491. The van der Waals surface area contributed by atoms with E-state index < -0.39 is 5.97 Å². The molecule has 22 heavy (non-hydrogen) atoms. The Morgan fingerprint density at radius 3 is 2.68 bits per heavy atom. The summed E-state index contributed by atoms with van der Waals surface area (Å²) >= 11 is 0. The average Bonchev–Trinajstić information content (AvgIpc) is 2.96. The summed E-state index contributed by atoms with van der Waals surface area (Å²) in [6.07, 6.45) is 1.52. The first kappa shape index (κ1) is 15.6. The zero-order chi connectivity index (χ0) is 16.1. The Kier molecular flexibility index (Phi) is 4.83. The summed E-state index contributed by atoms with van der Waals surface area (Å²) in [6, 6.07) is 9.47. The second kappa shape index (κ2) is 6.80. The lowest BCUT2D eigenvalue weighted by Gasteiger charge is -2.02. The van der Waals surface area contributed by atoms with Crippen LogP contribution in [0.3, 0.4) is 0 Å². The van der Waals surface area contributed by atoms with E-state index in [4.69, 9.17) is 4.74 Å². The first-order valence-electron chi connectivity index (χ1n) is 7.06. The second-order valence-corrected chi connectivity index (χ2v) is 4.36. The molecule has 6 nitrogen and oxygen atoms in total. The fourth-order valence-corrected chi connectivity index (χ4v) is 2.05. The molecule has 6 heteroatoms. The third-order valence-electron chi connectivity index (χ3n) is 2.98. The van der Waals surface area contributed by atoms with Crippen LogP contribution in [0.1, 0.15) is 29.9 Å². The van der Waals surface area contributed by atoms with Crippen LogP contribution in [0.4, 0.5) is 0 Å². The summed E-state index contributed by atoms with van der Waals surface area (Å²) in [5.74, 6) is -0.491. The maximum atomic E-state index is 11.8. The molecule has 0 spiro atoms. The number of benzene rings is 1. The molecule has 0 atom stereocenters. The molecule has 0 amide bonds. The molecule has 1 aromatic carbocycles. The second-order valence-electron chi connectivity index (χ2n) is 4.36. The molecule has 114 valence electrons. The van der Waals surface area contributed by atoms with Crippen LogP contribution < -0.4 is 0 Å². The zero-order valence-corrected chi connectivity index (χ0v) is 13.1. The Balaban J connectivity index is 0.000000847. The number of aryl methyl sites for hydroxylation is 1. The van der Waals surface area contributed by atoms with Crippen LogP contribution in [0.15, 0.2) is 36.5 Å². The van der Waals surface area contributed by atoms with E-state index in [0.29, 0.717) is 11.0 Å². The lowest BCUT2D eigenvalue weighted by Crippen LogP contribution is -2.04. The minimum Gasteiger partial charge on any atom is -0.464 e. The maximum absolute atomic E-state index is 11.8. The summed E-state index contributed by atoms with van der Waals surface area (Å²) in [7, 11) is 1.33. The van der Waals surface area contributed by atoms with Gasteiger partial charge in [-0.15, -0.1) is 5.10 Å². The van der Waals surface area contributed by atoms with Crippen LogP contribution in [-0.2, 0) is 4.74 Å². The van der Waals surface area contributed by atoms with Crippen molar-refractivity contribution >= 4 is 17.0 Å². The molecule has 0 aliphatic heterocycles. The smallest absolute Gasteiger partial charge is 0.359 e. The lowest BCUT2D eigenvalue weighted by molar-refractivity contribution is 0.0595. The van der Waals surface area contributed by atoms with Crippen molar-refractivity contribution in [1.29, 1.82) is 0 Å². The van der Waals surface area contributed by atoms with Crippen molar-refractivity contribution in [1.82, 2.24) is 20.0 Å². The summed E-state index contributed by atoms with van der Waals surface area (Å²) in [4.78, 5) is 11.8. The zero-order valence-electron chi connectivity index (χ0n) is 13.1. The summed E-state index contributed by atoms with van der Waals surface area (Å²) in [6.45, 7) is 5.99. The van der Waals surface area contributed by atoms with Gasteiger partial charge < -0.3 is 4.74 Å². The number of ether oxygens (including phenoxy) is 1. The number of carbonyl (C=O) groups excluding carboxylic acids is 1. The largest absolute Gasteiger partial charge is 0.464 e. The highest BCUT2D eigenvalue weighted by Gasteiger charge is 2.19. The van der Waals surface area contributed by atoms with Gasteiger partial charge in [0.2, 0.25) is 0 Å². The fraction of sp³-hybridized carbons (Fsp3) is 0.250. The number of nitrogens with zero attached hydrogens (tertiary/aromatic N) is 4. The van der Waals surface area contributed by atoms with Gasteiger partial charge in [-0.3, -0.25) is 0 Å².